The number of benzene rings is 2. The van der Waals surface area contributed by atoms with Crippen LogP contribution in [0.25, 0.3) is 10.9 Å². The molecule has 0 fully saturated rings. The Morgan fingerprint density at radius 2 is 1.96 bits per heavy atom. The van der Waals surface area contributed by atoms with Gasteiger partial charge in [-0.3, -0.25) is 9.59 Å². The highest BCUT2D eigenvalue weighted by molar-refractivity contribution is 9.10. The van der Waals surface area contributed by atoms with Crippen molar-refractivity contribution in [3.8, 4) is 0 Å². The van der Waals surface area contributed by atoms with E-state index in [1.807, 2.05) is 6.07 Å². The number of carbonyl (C=O) groups excluding carboxylic acids is 1. The van der Waals surface area contributed by atoms with E-state index in [1.54, 1.807) is 29.8 Å². The van der Waals surface area contributed by atoms with Gasteiger partial charge in [0.25, 0.3) is 5.91 Å². The molecule has 1 aromatic heterocycles. The number of fused-ring (bicyclic) bond motifs is 1. The van der Waals surface area contributed by atoms with Gasteiger partial charge in [-0.2, -0.15) is 0 Å². The molecule has 0 aliphatic heterocycles. The summed E-state index contributed by atoms with van der Waals surface area (Å²) in [5.41, 5.74) is 0.580. The first kappa shape index (κ1) is 15.4. The number of hydrogen-bond acceptors (Lipinski definition) is 2. The fraction of sp³-hybridized carbons (Fsp3) is 0.0588. The van der Waals surface area contributed by atoms with Crippen LogP contribution in [0.15, 0.2) is 57.9 Å². The van der Waals surface area contributed by atoms with Gasteiger partial charge in [0.1, 0.15) is 11.4 Å². The van der Waals surface area contributed by atoms with E-state index < -0.39 is 17.2 Å². The van der Waals surface area contributed by atoms with Gasteiger partial charge in [0.2, 0.25) is 5.43 Å². The first-order valence-electron chi connectivity index (χ1n) is 6.82. The van der Waals surface area contributed by atoms with Crippen LogP contribution in [0.2, 0.25) is 0 Å². The maximum Gasteiger partial charge on any atom is 0.261 e. The van der Waals surface area contributed by atoms with Gasteiger partial charge < -0.3 is 9.88 Å². The number of halogens is 2. The van der Waals surface area contributed by atoms with Crippen molar-refractivity contribution in [2.75, 3.05) is 5.32 Å². The van der Waals surface area contributed by atoms with E-state index in [1.165, 1.54) is 18.3 Å². The summed E-state index contributed by atoms with van der Waals surface area (Å²) in [6.07, 6.45) is 1.45. The number of para-hydroxylation sites is 1. The van der Waals surface area contributed by atoms with E-state index in [9.17, 15) is 14.0 Å². The van der Waals surface area contributed by atoms with Gasteiger partial charge in [0, 0.05) is 23.1 Å². The molecule has 0 bridgehead atoms. The maximum atomic E-state index is 13.4. The molecule has 0 radical (unpaired) electrons. The van der Waals surface area contributed by atoms with Crippen LogP contribution in [-0.2, 0) is 7.05 Å². The number of aromatic nitrogens is 1. The van der Waals surface area contributed by atoms with Gasteiger partial charge in [-0.05, 0) is 46.3 Å². The van der Waals surface area contributed by atoms with Crippen LogP contribution in [0, 0.1) is 5.82 Å². The van der Waals surface area contributed by atoms with Crippen LogP contribution in [-0.4, -0.2) is 10.5 Å². The van der Waals surface area contributed by atoms with Crippen LogP contribution in [0.1, 0.15) is 10.4 Å². The number of rotatable bonds is 2. The van der Waals surface area contributed by atoms with E-state index >= 15 is 0 Å². The first-order chi connectivity index (χ1) is 11.0. The largest absolute Gasteiger partial charge is 0.350 e. The molecule has 2 aromatic carbocycles. The van der Waals surface area contributed by atoms with Gasteiger partial charge >= 0.3 is 0 Å². The fourth-order valence-electron chi connectivity index (χ4n) is 2.38. The first-order valence-corrected chi connectivity index (χ1v) is 7.61. The molecule has 1 amide bonds. The fourth-order valence-corrected chi connectivity index (χ4v) is 2.76. The van der Waals surface area contributed by atoms with Crippen LogP contribution in [0.4, 0.5) is 10.1 Å². The average Bonchev–Trinajstić information content (AvgIpc) is 2.53. The number of nitrogens with one attached hydrogen (secondary N) is 1. The number of nitrogens with zero attached hydrogens (tertiary/aromatic N) is 1. The van der Waals surface area contributed by atoms with Crippen molar-refractivity contribution in [3.05, 3.63) is 74.7 Å². The maximum absolute atomic E-state index is 13.4. The van der Waals surface area contributed by atoms with E-state index in [-0.39, 0.29) is 10.9 Å². The summed E-state index contributed by atoms with van der Waals surface area (Å²) in [4.78, 5) is 24.9. The Labute approximate surface area is 139 Å². The minimum atomic E-state index is -0.538. The van der Waals surface area contributed by atoms with Crippen molar-refractivity contribution >= 4 is 38.4 Å². The molecule has 0 saturated heterocycles. The lowest BCUT2D eigenvalue weighted by molar-refractivity contribution is 0.102. The summed E-state index contributed by atoms with van der Waals surface area (Å²) in [7, 11) is 1.70. The Kier molecular flexibility index (Phi) is 4.00. The summed E-state index contributed by atoms with van der Waals surface area (Å²) in [5.74, 6) is -1.05. The SMILES string of the molecule is Cn1cc(C(=O)Nc2ccccc2Br)c(=O)c2cc(F)ccc21. The van der Waals surface area contributed by atoms with Crippen molar-refractivity contribution in [1.29, 1.82) is 0 Å². The zero-order valence-corrected chi connectivity index (χ0v) is 13.7. The Bertz CT molecular complexity index is 982. The molecule has 0 saturated carbocycles. The molecule has 0 atom stereocenters. The third-order valence-electron chi connectivity index (χ3n) is 3.52. The van der Waals surface area contributed by atoms with E-state index in [4.69, 9.17) is 0 Å². The van der Waals surface area contributed by atoms with Crippen LogP contribution in [0.3, 0.4) is 0 Å². The summed E-state index contributed by atoms with van der Waals surface area (Å²) < 4.78 is 15.8. The molecule has 1 heterocycles. The van der Waals surface area contributed by atoms with Crippen LogP contribution in [0.5, 0.6) is 0 Å². The smallest absolute Gasteiger partial charge is 0.261 e. The quantitative estimate of drug-likeness (QED) is 0.743. The molecule has 23 heavy (non-hydrogen) atoms. The molecular weight excluding hydrogens is 363 g/mol. The number of amides is 1. The summed E-state index contributed by atoms with van der Waals surface area (Å²) in [6.45, 7) is 0. The highest BCUT2D eigenvalue weighted by Gasteiger charge is 2.16. The zero-order chi connectivity index (χ0) is 16.6. The molecule has 3 rings (SSSR count). The predicted octanol–water partition coefficient (Wildman–Crippen LogP) is 3.69. The standard InChI is InChI=1S/C17H12BrFN2O2/c1-21-9-12(16(22)11-8-10(19)6-7-15(11)21)17(23)20-14-5-3-2-4-13(14)18/h2-9H,1H3,(H,20,23). The number of pyridine rings is 1. The molecule has 0 aliphatic carbocycles. The summed E-state index contributed by atoms with van der Waals surface area (Å²) >= 11 is 3.33. The number of carbonyl (C=O) groups is 1. The van der Waals surface area contributed by atoms with Crippen molar-refractivity contribution < 1.29 is 9.18 Å². The summed E-state index contributed by atoms with van der Waals surface area (Å²) in [6, 6.07) is 11.0. The molecule has 6 heteroatoms. The van der Waals surface area contributed by atoms with Crippen molar-refractivity contribution in [3.63, 3.8) is 0 Å². The minimum Gasteiger partial charge on any atom is -0.350 e. The molecule has 0 unspecified atom stereocenters. The van der Waals surface area contributed by atoms with E-state index in [0.29, 0.717) is 15.7 Å². The van der Waals surface area contributed by atoms with Crippen LogP contribution < -0.4 is 10.7 Å². The highest BCUT2D eigenvalue weighted by atomic mass is 79.9. The van der Waals surface area contributed by atoms with Gasteiger partial charge in [0.15, 0.2) is 0 Å². The Morgan fingerprint density at radius 1 is 1.22 bits per heavy atom. The molecule has 0 aliphatic rings. The Balaban J connectivity index is 2.09. The molecule has 1 N–H and O–H groups in total. The second-order valence-corrected chi connectivity index (χ2v) is 5.93. The van der Waals surface area contributed by atoms with E-state index in [2.05, 4.69) is 21.2 Å². The third kappa shape index (κ3) is 2.90. The van der Waals surface area contributed by atoms with Crippen molar-refractivity contribution in [2.45, 2.75) is 0 Å². The minimum absolute atomic E-state index is 0.0404. The lowest BCUT2D eigenvalue weighted by Crippen LogP contribution is -2.23. The lowest BCUT2D eigenvalue weighted by atomic mass is 10.1. The molecule has 4 nitrogen and oxygen atoms in total. The average molecular weight is 375 g/mol. The van der Waals surface area contributed by atoms with Gasteiger partial charge in [-0.25, -0.2) is 4.39 Å². The van der Waals surface area contributed by atoms with Crippen molar-refractivity contribution in [1.82, 2.24) is 4.57 Å². The Hall–Kier alpha value is -2.47. The molecule has 0 spiro atoms. The Morgan fingerprint density at radius 3 is 2.70 bits per heavy atom. The number of anilines is 1. The summed E-state index contributed by atoms with van der Waals surface area (Å²) in [5, 5.41) is 2.85. The normalized spacial score (nSPS) is 10.7. The second-order valence-electron chi connectivity index (χ2n) is 5.08. The van der Waals surface area contributed by atoms with Gasteiger partial charge in [-0.1, -0.05) is 12.1 Å². The van der Waals surface area contributed by atoms with E-state index in [0.717, 1.165) is 6.07 Å². The van der Waals surface area contributed by atoms with Gasteiger partial charge in [0.05, 0.1) is 11.2 Å². The molecular formula is C17H12BrFN2O2. The third-order valence-corrected chi connectivity index (χ3v) is 4.21. The zero-order valence-electron chi connectivity index (χ0n) is 12.1. The monoisotopic (exact) mass is 374 g/mol. The topological polar surface area (TPSA) is 51.1 Å². The van der Waals surface area contributed by atoms with Gasteiger partial charge in [-0.15, -0.1) is 0 Å². The molecule has 3 aromatic rings. The number of aryl methyl sites for hydroxylation is 1. The van der Waals surface area contributed by atoms with Crippen LogP contribution >= 0.6 is 15.9 Å². The highest BCUT2D eigenvalue weighted by Crippen LogP contribution is 2.22. The second kappa shape index (κ2) is 5.96. The van der Waals surface area contributed by atoms with Crippen molar-refractivity contribution in [2.24, 2.45) is 7.05 Å². The lowest BCUT2D eigenvalue weighted by Gasteiger charge is -2.10. The molecule has 116 valence electrons. The number of hydrogen-bond donors (Lipinski definition) is 1. The predicted molar refractivity (Wildman–Crippen MR) is 91.2 cm³/mol.